The standard InChI is InChI=1S/C22H28N2O4S.C2H6/c1-16(2)14-24(15-21(25)20(23)12-17-6-4-3-5-7-17)29(26,27)19-8-9-22-18(13-19)10-11-28-22;1-2/h3-11,13,16,20-21,25H,12,14-15,23H2,1-2H3;1-2H3/t20-,21+;/m0./s1. The first-order valence-electron chi connectivity index (χ1n) is 10.7. The first kappa shape index (κ1) is 25.1. The molecule has 0 unspecified atom stereocenters. The fourth-order valence-corrected chi connectivity index (χ4v) is 4.96. The van der Waals surface area contributed by atoms with E-state index in [9.17, 15) is 13.5 Å². The van der Waals surface area contributed by atoms with E-state index in [2.05, 4.69) is 0 Å². The zero-order valence-electron chi connectivity index (χ0n) is 18.7. The minimum absolute atomic E-state index is 0.0576. The van der Waals surface area contributed by atoms with E-state index < -0.39 is 22.2 Å². The maximum Gasteiger partial charge on any atom is 0.243 e. The molecule has 1 heterocycles. The number of hydrogen-bond donors (Lipinski definition) is 2. The van der Waals surface area contributed by atoms with Crippen LogP contribution in [0, 0.1) is 5.92 Å². The Kier molecular flexibility index (Phi) is 9.25. The largest absolute Gasteiger partial charge is 0.464 e. The molecule has 0 spiro atoms. The molecule has 0 saturated heterocycles. The molecule has 31 heavy (non-hydrogen) atoms. The van der Waals surface area contributed by atoms with E-state index in [1.165, 1.54) is 16.6 Å². The number of nitrogens with zero attached hydrogens (tertiary/aromatic N) is 1. The van der Waals surface area contributed by atoms with Crippen molar-refractivity contribution in [2.75, 3.05) is 13.1 Å². The van der Waals surface area contributed by atoms with Gasteiger partial charge in [0.1, 0.15) is 5.58 Å². The van der Waals surface area contributed by atoms with Gasteiger partial charge in [-0.15, -0.1) is 0 Å². The molecular weight excluding hydrogens is 412 g/mol. The van der Waals surface area contributed by atoms with Crippen LogP contribution in [0.1, 0.15) is 33.3 Å². The summed E-state index contributed by atoms with van der Waals surface area (Å²) in [5.74, 6) is 0.0972. The molecule has 0 amide bonds. The Morgan fingerprint density at radius 2 is 1.71 bits per heavy atom. The molecule has 0 aliphatic heterocycles. The number of rotatable bonds is 9. The monoisotopic (exact) mass is 446 g/mol. The lowest BCUT2D eigenvalue weighted by molar-refractivity contribution is 0.116. The van der Waals surface area contributed by atoms with Crippen LogP contribution in [0.5, 0.6) is 0 Å². The molecule has 0 aliphatic carbocycles. The summed E-state index contributed by atoms with van der Waals surface area (Å²) in [5, 5.41) is 11.4. The second-order valence-corrected chi connectivity index (χ2v) is 9.69. The molecule has 170 valence electrons. The molecule has 0 fully saturated rings. The summed E-state index contributed by atoms with van der Waals surface area (Å²) in [4.78, 5) is 0.177. The van der Waals surface area contributed by atoms with Gasteiger partial charge in [-0.05, 0) is 42.2 Å². The van der Waals surface area contributed by atoms with Crippen molar-refractivity contribution in [3.8, 4) is 0 Å². The number of sulfonamides is 1. The van der Waals surface area contributed by atoms with Crippen molar-refractivity contribution in [3.05, 3.63) is 66.4 Å². The van der Waals surface area contributed by atoms with Gasteiger partial charge in [0.2, 0.25) is 10.0 Å². The van der Waals surface area contributed by atoms with Crippen LogP contribution in [0.25, 0.3) is 11.0 Å². The van der Waals surface area contributed by atoms with Crippen molar-refractivity contribution in [2.24, 2.45) is 11.7 Å². The van der Waals surface area contributed by atoms with E-state index in [-0.39, 0.29) is 17.4 Å². The molecule has 7 heteroatoms. The van der Waals surface area contributed by atoms with Gasteiger partial charge in [-0.1, -0.05) is 58.0 Å². The number of fused-ring (bicyclic) bond motifs is 1. The summed E-state index contributed by atoms with van der Waals surface area (Å²) < 4.78 is 33.2. The Labute approximate surface area is 185 Å². The Hall–Kier alpha value is -2.19. The summed E-state index contributed by atoms with van der Waals surface area (Å²) in [6.45, 7) is 8.12. The lowest BCUT2D eigenvalue weighted by Crippen LogP contribution is -2.47. The highest BCUT2D eigenvalue weighted by Crippen LogP contribution is 2.24. The topological polar surface area (TPSA) is 96.8 Å². The Bertz CT molecular complexity index is 1030. The highest BCUT2D eigenvalue weighted by molar-refractivity contribution is 7.89. The third-order valence-electron chi connectivity index (χ3n) is 4.83. The van der Waals surface area contributed by atoms with Gasteiger partial charge < -0.3 is 15.3 Å². The molecule has 2 aromatic carbocycles. The number of furan rings is 1. The van der Waals surface area contributed by atoms with E-state index in [4.69, 9.17) is 10.2 Å². The van der Waals surface area contributed by atoms with E-state index in [0.29, 0.717) is 18.5 Å². The van der Waals surface area contributed by atoms with Gasteiger partial charge in [0.15, 0.2) is 0 Å². The van der Waals surface area contributed by atoms with Crippen molar-refractivity contribution in [2.45, 2.75) is 51.2 Å². The molecule has 6 nitrogen and oxygen atoms in total. The molecule has 3 rings (SSSR count). The lowest BCUT2D eigenvalue weighted by Gasteiger charge is -2.28. The predicted molar refractivity (Wildman–Crippen MR) is 125 cm³/mol. The first-order valence-corrected chi connectivity index (χ1v) is 12.2. The molecule has 0 saturated carbocycles. The molecule has 3 aromatic rings. The minimum atomic E-state index is -3.79. The second-order valence-electron chi connectivity index (χ2n) is 7.76. The van der Waals surface area contributed by atoms with Crippen LogP contribution in [-0.4, -0.2) is 43.1 Å². The lowest BCUT2D eigenvalue weighted by atomic mass is 10.0. The Morgan fingerprint density at radius 3 is 2.35 bits per heavy atom. The van der Waals surface area contributed by atoms with Crippen LogP contribution in [0.4, 0.5) is 0 Å². The number of nitrogens with two attached hydrogens (primary N) is 1. The van der Waals surface area contributed by atoms with Gasteiger partial charge >= 0.3 is 0 Å². The first-order chi connectivity index (χ1) is 14.8. The molecule has 0 radical (unpaired) electrons. The van der Waals surface area contributed by atoms with Gasteiger partial charge in [0.05, 0.1) is 17.3 Å². The third kappa shape index (κ3) is 6.64. The number of aliphatic hydroxyl groups excluding tert-OH is 1. The molecular formula is C24H34N2O4S. The summed E-state index contributed by atoms with van der Waals surface area (Å²) in [7, 11) is -3.79. The molecule has 3 N–H and O–H groups in total. The van der Waals surface area contributed by atoms with Gasteiger partial charge in [0.25, 0.3) is 0 Å². The Balaban J connectivity index is 0.00000166. The smallest absolute Gasteiger partial charge is 0.243 e. The van der Waals surface area contributed by atoms with Crippen LogP contribution in [-0.2, 0) is 16.4 Å². The summed E-state index contributed by atoms with van der Waals surface area (Å²) in [5.41, 5.74) is 7.82. The zero-order chi connectivity index (χ0) is 23.0. The van der Waals surface area contributed by atoms with Gasteiger partial charge in [-0.25, -0.2) is 8.42 Å². The van der Waals surface area contributed by atoms with Gasteiger partial charge in [-0.3, -0.25) is 0 Å². The maximum atomic E-state index is 13.3. The highest BCUT2D eigenvalue weighted by Gasteiger charge is 2.29. The second kappa shape index (κ2) is 11.4. The van der Waals surface area contributed by atoms with Crippen LogP contribution in [0.15, 0.2) is 70.2 Å². The van der Waals surface area contributed by atoms with Gasteiger partial charge in [-0.2, -0.15) is 4.31 Å². The average Bonchev–Trinajstić information content (AvgIpc) is 3.23. The normalized spacial score (nSPS) is 13.8. The highest BCUT2D eigenvalue weighted by atomic mass is 32.2. The number of benzene rings is 2. The quantitative estimate of drug-likeness (QED) is 0.517. The average molecular weight is 447 g/mol. The summed E-state index contributed by atoms with van der Waals surface area (Å²) in [6, 6.07) is 15.6. The van der Waals surface area contributed by atoms with Crippen LogP contribution < -0.4 is 5.73 Å². The fraction of sp³-hybridized carbons (Fsp3) is 0.417. The van der Waals surface area contributed by atoms with E-state index >= 15 is 0 Å². The maximum absolute atomic E-state index is 13.3. The molecule has 0 bridgehead atoms. The van der Waals surface area contributed by atoms with Crippen LogP contribution >= 0.6 is 0 Å². The van der Waals surface area contributed by atoms with Crippen LogP contribution in [0.3, 0.4) is 0 Å². The SMILES string of the molecule is CC.CC(C)CN(C[C@@H](O)[C@@H](N)Cc1ccccc1)S(=O)(=O)c1ccc2occc2c1. The summed E-state index contributed by atoms with van der Waals surface area (Å²) >= 11 is 0. The van der Waals surface area contributed by atoms with E-state index in [1.807, 2.05) is 58.0 Å². The number of hydrogen-bond acceptors (Lipinski definition) is 5. The summed E-state index contributed by atoms with van der Waals surface area (Å²) in [6.07, 6.45) is 1.01. The van der Waals surface area contributed by atoms with E-state index in [1.54, 1.807) is 18.2 Å². The van der Waals surface area contributed by atoms with Gasteiger partial charge in [0, 0.05) is 24.5 Å². The number of aliphatic hydroxyl groups is 1. The molecule has 0 aliphatic rings. The van der Waals surface area contributed by atoms with Crippen molar-refractivity contribution in [1.29, 1.82) is 0 Å². The zero-order valence-corrected chi connectivity index (χ0v) is 19.5. The van der Waals surface area contributed by atoms with Crippen LogP contribution in [0.2, 0.25) is 0 Å². The van der Waals surface area contributed by atoms with Crippen molar-refractivity contribution < 1.29 is 17.9 Å². The molecule has 2 atom stereocenters. The molecule has 1 aromatic heterocycles. The van der Waals surface area contributed by atoms with E-state index in [0.717, 1.165) is 10.9 Å². The van der Waals surface area contributed by atoms with Crippen molar-refractivity contribution in [3.63, 3.8) is 0 Å². The Morgan fingerprint density at radius 1 is 1.03 bits per heavy atom. The van der Waals surface area contributed by atoms with Crippen molar-refractivity contribution >= 4 is 21.0 Å². The third-order valence-corrected chi connectivity index (χ3v) is 6.66. The fourth-order valence-electron chi connectivity index (χ4n) is 3.30. The minimum Gasteiger partial charge on any atom is -0.464 e. The predicted octanol–water partition coefficient (Wildman–Crippen LogP) is 4.04. The van der Waals surface area contributed by atoms with Crippen molar-refractivity contribution in [1.82, 2.24) is 4.31 Å².